The standard InChI is InChI=1S/C20H23N3O6/c1-10-14(19(25)29-6)15(11-7-8-12(27-4)13(9-11)28-5)16-17(21-10)22(2)20(26)23(3)18(16)24/h7-9,14-15H,1-6H3. The van der Waals surface area contributed by atoms with E-state index in [0.717, 1.165) is 4.57 Å². The number of benzene rings is 1. The molecule has 2 aromatic rings. The van der Waals surface area contributed by atoms with Crippen LogP contribution >= 0.6 is 0 Å². The van der Waals surface area contributed by atoms with E-state index in [9.17, 15) is 14.4 Å². The Kier molecular flexibility index (Phi) is 5.32. The Morgan fingerprint density at radius 2 is 1.69 bits per heavy atom. The van der Waals surface area contributed by atoms with Crippen molar-refractivity contribution in [3.05, 3.63) is 50.2 Å². The van der Waals surface area contributed by atoms with Crippen LogP contribution in [0.5, 0.6) is 11.5 Å². The Bertz CT molecular complexity index is 1130. The number of ether oxygens (including phenoxy) is 3. The van der Waals surface area contributed by atoms with Crippen LogP contribution in [0.15, 0.2) is 32.8 Å². The number of fused-ring (bicyclic) bond motifs is 1. The first kappa shape index (κ1) is 20.4. The van der Waals surface area contributed by atoms with Gasteiger partial charge in [0.15, 0.2) is 11.5 Å². The summed E-state index contributed by atoms with van der Waals surface area (Å²) in [6.45, 7) is 1.68. The number of rotatable bonds is 4. The van der Waals surface area contributed by atoms with Gasteiger partial charge in [0.05, 0.1) is 26.9 Å². The summed E-state index contributed by atoms with van der Waals surface area (Å²) in [5, 5.41) is 0. The number of nitrogens with zero attached hydrogens (tertiary/aromatic N) is 3. The zero-order valence-corrected chi connectivity index (χ0v) is 17.2. The maximum atomic E-state index is 13.1. The molecular weight excluding hydrogens is 378 g/mol. The van der Waals surface area contributed by atoms with Gasteiger partial charge in [0, 0.05) is 25.7 Å². The highest BCUT2D eigenvalue weighted by Crippen LogP contribution is 2.42. The summed E-state index contributed by atoms with van der Waals surface area (Å²) in [5.74, 6) is -0.850. The van der Waals surface area contributed by atoms with E-state index in [0.29, 0.717) is 22.8 Å². The number of aliphatic imine (C=N–C) groups is 1. The molecule has 0 N–H and O–H groups in total. The van der Waals surface area contributed by atoms with Crippen LogP contribution in [0.2, 0.25) is 0 Å². The average molecular weight is 401 g/mol. The second-order valence-electron chi connectivity index (χ2n) is 6.79. The molecule has 0 bridgehead atoms. The molecule has 0 radical (unpaired) electrons. The van der Waals surface area contributed by atoms with E-state index < -0.39 is 29.1 Å². The number of carbonyl (C=O) groups is 1. The smallest absolute Gasteiger partial charge is 0.332 e. The minimum Gasteiger partial charge on any atom is -0.493 e. The summed E-state index contributed by atoms with van der Waals surface area (Å²) in [6, 6.07) is 5.18. The molecule has 2 unspecified atom stereocenters. The second-order valence-corrected chi connectivity index (χ2v) is 6.79. The summed E-state index contributed by atoms with van der Waals surface area (Å²) in [5.41, 5.74) is 0.348. The van der Waals surface area contributed by atoms with Gasteiger partial charge in [0.1, 0.15) is 11.7 Å². The zero-order valence-electron chi connectivity index (χ0n) is 17.2. The van der Waals surface area contributed by atoms with E-state index in [4.69, 9.17) is 14.2 Å². The largest absolute Gasteiger partial charge is 0.493 e. The Labute approximate surface area is 167 Å². The predicted molar refractivity (Wildman–Crippen MR) is 107 cm³/mol. The van der Waals surface area contributed by atoms with Gasteiger partial charge >= 0.3 is 11.7 Å². The van der Waals surface area contributed by atoms with Crippen molar-refractivity contribution in [2.75, 3.05) is 21.3 Å². The SMILES string of the molecule is COC(=O)C1C(C)=Nc2c(c(=O)n(C)c(=O)n2C)C1c1ccc(OC)c(OC)c1. The summed E-state index contributed by atoms with van der Waals surface area (Å²) in [6.07, 6.45) is 0. The maximum absolute atomic E-state index is 13.1. The molecule has 9 heteroatoms. The number of aromatic nitrogens is 2. The van der Waals surface area contributed by atoms with Crippen LogP contribution in [0, 0.1) is 5.92 Å². The van der Waals surface area contributed by atoms with Gasteiger partial charge in [0.25, 0.3) is 5.56 Å². The zero-order chi connectivity index (χ0) is 21.5. The minimum atomic E-state index is -0.823. The van der Waals surface area contributed by atoms with E-state index in [2.05, 4.69) is 4.99 Å². The van der Waals surface area contributed by atoms with Crippen molar-refractivity contribution < 1.29 is 19.0 Å². The number of hydrogen-bond acceptors (Lipinski definition) is 7. The molecule has 154 valence electrons. The van der Waals surface area contributed by atoms with E-state index in [1.165, 1.54) is 32.9 Å². The van der Waals surface area contributed by atoms with Gasteiger partial charge in [0.2, 0.25) is 0 Å². The third kappa shape index (κ3) is 3.12. The van der Waals surface area contributed by atoms with Crippen LogP contribution < -0.4 is 20.7 Å². The molecule has 1 aliphatic heterocycles. The number of esters is 1. The molecule has 1 aromatic heterocycles. The summed E-state index contributed by atoms with van der Waals surface area (Å²) in [7, 11) is 7.25. The average Bonchev–Trinajstić information content (AvgIpc) is 2.74. The topological polar surface area (TPSA) is 101 Å². The van der Waals surface area contributed by atoms with Crippen LogP contribution in [0.1, 0.15) is 24.0 Å². The maximum Gasteiger partial charge on any atom is 0.332 e. The fourth-order valence-electron chi connectivity index (χ4n) is 3.75. The van der Waals surface area contributed by atoms with Gasteiger partial charge in [-0.3, -0.25) is 18.7 Å². The van der Waals surface area contributed by atoms with Gasteiger partial charge in [-0.1, -0.05) is 6.07 Å². The lowest BCUT2D eigenvalue weighted by atomic mass is 9.77. The summed E-state index contributed by atoms with van der Waals surface area (Å²) < 4.78 is 18.0. The van der Waals surface area contributed by atoms with Crippen molar-refractivity contribution in [1.29, 1.82) is 0 Å². The molecule has 0 saturated carbocycles. The molecule has 0 spiro atoms. The van der Waals surface area contributed by atoms with Crippen molar-refractivity contribution in [3.63, 3.8) is 0 Å². The molecule has 1 aromatic carbocycles. The summed E-state index contributed by atoms with van der Waals surface area (Å²) >= 11 is 0. The molecule has 3 rings (SSSR count). The van der Waals surface area contributed by atoms with E-state index in [-0.39, 0.29) is 11.4 Å². The van der Waals surface area contributed by atoms with Gasteiger partial charge in [-0.25, -0.2) is 9.79 Å². The lowest BCUT2D eigenvalue weighted by molar-refractivity contribution is -0.143. The van der Waals surface area contributed by atoms with Crippen LogP contribution in [-0.4, -0.2) is 42.1 Å². The summed E-state index contributed by atoms with van der Waals surface area (Å²) in [4.78, 5) is 42.6. The molecule has 29 heavy (non-hydrogen) atoms. The molecule has 0 amide bonds. The highest BCUT2D eigenvalue weighted by molar-refractivity contribution is 6.04. The molecule has 1 aliphatic rings. The van der Waals surface area contributed by atoms with Crippen LogP contribution in [0.3, 0.4) is 0 Å². The monoisotopic (exact) mass is 401 g/mol. The third-order valence-corrected chi connectivity index (χ3v) is 5.27. The lowest BCUT2D eigenvalue weighted by Crippen LogP contribution is -2.44. The minimum absolute atomic E-state index is 0.232. The van der Waals surface area contributed by atoms with Crippen LogP contribution in [0.4, 0.5) is 5.82 Å². The Hall–Kier alpha value is -3.36. The first-order valence-corrected chi connectivity index (χ1v) is 8.91. The van der Waals surface area contributed by atoms with E-state index in [1.54, 1.807) is 32.2 Å². The van der Waals surface area contributed by atoms with Gasteiger partial charge < -0.3 is 14.2 Å². The van der Waals surface area contributed by atoms with Crippen molar-refractivity contribution in [3.8, 4) is 11.5 Å². The second kappa shape index (κ2) is 7.57. The van der Waals surface area contributed by atoms with Crippen LogP contribution in [0.25, 0.3) is 0 Å². The number of methoxy groups -OCH3 is 3. The Morgan fingerprint density at radius 1 is 1.03 bits per heavy atom. The molecule has 0 fully saturated rings. The van der Waals surface area contributed by atoms with Crippen molar-refractivity contribution in [2.24, 2.45) is 25.0 Å². The number of hydrogen-bond donors (Lipinski definition) is 0. The fraction of sp³-hybridized carbons (Fsp3) is 0.400. The normalized spacial score (nSPS) is 17.9. The molecule has 2 heterocycles. The molecular formula is C20H23N3O6. The first-order chi connectivity index (χ1) is 13.8. The van der Waals surface area contributed by atoms with Crippen LogP contribution in [-0.2, 0) is 23.6 Å². The van der Waals surface area contributed by atoms with Gasteiger partial charge in [-0.05, 0) is 24.6 Å². The Morgan fingerprint density at radius 3 is 2.28 bits per heavy atom. The molecule has 0 saturated heterocycles. The molecule has 0 aliphatic carbocycles. The van der Waals surface area contributed by atoms with E-state index >= 15 is 0 Å². The van der Waals surface area contributed by atoms with Gasteiger partial charge in [-0.15, -0.1) is 0 Å². The first-order valence-electron chi connectivity index (χ1n) is 8.91. The third-order valence-electron chi connectivity index (χ3n) is 5.27. The highest BCUT2D eigenvalue weighted by Gasteiger charge is 2.41. The lowest BCUT2D eigenvalue weighted by Gasteiger charge is -2.31. The number of carbonyl (C=O) groups excluding carboxylic acids is 1. The molecule has 2 atom stereocenters. The van der Waals surface area contributed by atoms with Crippen molar-refractivity contribution >= 4 is 17.5 Å². The van der Waals surface area contributed by atoms with Crippen molar-refractivity contribution in [1.82, 2.24) is 9.13 Å². The molecule has 9 nitrogen and oxygen atoms in total. The quantitative estimate of drug-likeness (QED) is 0.712. The van der Waals surface area contributed by atoms with Gasteiger partial charge in [-0.2, -0.15) is 0 Å². The Balaban J connectivity index is 2.40. The highest BCUT2D eigenvalue weighted by atomic mass is 16.5. The predicted octanol–water partition coefficient (Wildman–Crippen LogP) is 1.13. The van der Waals surface area contributed by atoms with Crippen molar-refractivity contribution in [2.45, 2.75) is 12.8 Å². The van der Waals surface area contributed by atoms with E-state index in [1.807, 2.05) is 0 Å². The fourth-order valence-corrected chi connectivity index (χ4v) is 3.75.